The number of hydrogen-bond donors (Lipinski definition) is 1. The number of amides is 1. The van der Waals surface area contributed by atoms with Crippen molar-refractivity contribution in [1.82, 2.24) is 10.2 Å². The Morgan fingerprint density at radius 3 is 2.29 bits per heavy atom. The van der Waals surface area contributed by atoms with Crippen LogP contribution in [0.1, 0.15) is 67.6 Å². The number of nitrogens with zero attached hydrogens (tertiary/aromatic N) is 1. The van der Waals surface area contributed by atoms with Crippen LogP contribution in [0, 0.1) is 0 Å². The maximum absolute atomic E-state index is 12.7. The molecule has 0 bridgehead atoms. The predicted octanol–water partition coefficient (Wildman–Crippen LogP) is 5.59. The summed E-state index contributed by atoms with van der Waals surface area (Å²) in [6, 6.07) is 16.3. The molecular formula is C24H31ClN2O. The Balaban J connectivity index is 1.77. The second-order valence-electron chi connectivity index (χ2n) is 8.67. The van der Waals surface area contributed by atoms with Gasteiger partial charge >= 0.3 is 0 Å². The van der Waals surface area contributed by atoms with Gasteiger partial charge in [0.25, 0.3) is 5.91 Å². The standard InChI is InChI=1S/C24H31ClN2O/c1-24(2,3)19-13-11-18(12-14-19)22(27-15-7-4-8-16-27)17-26-23(28)20-9-5-6-10-21(20)25/h5-6,9-14,22H,4,7-8,15-17H2,1-3H3,(H,26,28)/t22-/m0/s1. The van der Waals surface area contributed by atoms with Crippen molar-refractivity contribution in [2.24, 2.45) is 0 Å². The molecule has 3 rings (SSSR count). The predicted molar refractivity (Wildman–Crippen MR) is 117 cm³/mol. The molecule has 1 heterocycles. The highest BCUT2D eigenvalue weighted by Gasteiger charge is 2.24. The van der Waals surface area contributed by atoms with Crippen molar-refractivity contribution in [3.05, 3.63) is 70.2 Å². The normalized spacial score (nSPS) is 16.6. The van der Waals surface area contributed by atoms with E-state index < -0.39 is 0 Å². The molecule has 0 unspecified atom stereocenters. The highest BCUT2D eigenvalue weighted by atomic mass is 35.5. The van der Waals surface area contributed by atoms with Gasteiger partial charge in [-0.3, -0.25) is 9.69 Å². The van der Waals surface area contributed by atoms with E-state index in [-0.39, 0.29) is 17.4 Å². The Labute approximate surface area is 174 Å². The highest BCUT2D eigenvalue weighted by molar-refractivity contribution is 6.33. The molecule has 1 atom stereocenters. The van der Waals surface area contributed by atoms with Crippen molar-refractivity contribution in [3.8, 4) is 0 Å². The lowest BCUT2D eigenvalue weighted by molar-refractivity contribution is 0.0924. The topological polar surface area (TPSA) is 32.3 Å². The van der Waals surface area contributed by atoms with E-state index in [1.165, 1.54) is 30.4 Å². The van der Waals surface area contributed by atoms with Gasteiger partial charge in [-0.25, -0.2) is 0 Å². The average Bonchev–Trinajstić information content (AvgIpc) is 2.69. The van der Waals surface area contributed by atoms with Crippen molar-refractivity contribution in [2.45, 2.75) is 51.5 Å². The van der Waals surface area contributed by atoms with Gasteiger partial charge in [0.2, 0.25) is 0 Å². The molecule has 1 amide bonds. The maximum atomic E-state index is 12.7. The number of benzene rings is 2. The summed E-state index contributed by atoms with van der Waals surface area (Å²) >= 11 is 6.19. The fourth-order valence-corrected chi connectivity index (χ4v) is 4.04. The molecule has 2 aromatic rings. The summed E-state index contributed by atoms with van der Waals surface area (Å²) in [5.41, 5.74) is 3.25. The second-order valence-corrected chi connectivity index (χ2v) is 9.08. The molecule has 150 valence electrons. The van der Waals surface area contributed by atoms with Crippen molar-refractivity contribution >= 4 is 17.5 Å². The van der Waals surface area contributed by atoms with Gasteiger partial charge < -0.3 is 5.32 Å². The molecule has 4 heteroatoms. The number of nitrogens with one attached hydrogen (secondary N) is 1. The zero-order chi connectivity index (χ0) is 20.1. The van der Waals surface area contributed by atoms with E-state index in [1.807, 2.05) is 12.1 Å². The van der Waals surface area contributed by atoms with Crippen molar-refractivity contribution in [1.29, 1.82) is 0 Å². The largest absolute Gasteiger partial charge is 0.350 e. The fraction of sp³-hybridized carbons (Fsp3) is 0.458. The van der Waals surface area contributed by atoms with Crippen molar-refractivity contribution in [2.75, 3.05) is 19.6 Å². The minimum absolute atomic E-state index is 0.112. The van der Waals surface area contributed by atoms with Crippen LogP contribution in [0.4, 0.5) is 0 Å². The molecule has 0 aromatic heterocycles. The Bertz CT molecular complexity index is 789. The van der Waals surface area contributed by atoms with Crippen molar-refractivity contribution < 1.29 is 4.79 Å². The van der Waals surface area contributed by atoms with Gasteiger partial charge in [-0.1, -0.05) is 75.2 Å². The van der Waals surface area contributed by atoms with E-state index in [4.69, 9.17) is 11.6 Å². The van der Waals surface area contributed by atoms with Gasteiger partial charge in [-0.15, -0.1) is 0 Å². The molecule has 1 fully saturated rings. The van der Waals surface area contributed by atoms with Gasteiger partial charge in [0.05, 0.1) is 16.6 Å². The molecular weight excluding hydrogens is 368 g/mol. The number of piperidine rings is 1. The maximum Gasteiger partial charge on any atom is 0.252 e. The molecule has 1 aliphatic rings. The first-order chi connectivity index (χ1) is 13.4. The van der Waals surface area contributed by atoms with E-state index in [0.29, 0.717) is 17.1 Å². The molecule has 0 radical (unpaired) electrons. The van der Waals surface area contributed by atoms with Crippen LogP contribution in [-0.2, 0) is 5.41 Å². The Hall–Kier alpha value is -1.84. The first kappa shape index (κ1) is 20.9. The molecule has 0 aliphatic carbocycles. The van der Waals surface area contributed by atoms with E-state index in [1.54, 1.807) is 12.1 Å². The lowest BCUT2D eigenvalue weighted by Crippen LogP contribution is -2.40. The second kappa shape index (κ2) is 9.11. The molecule has 2 aromatic carbocycles. The summed E-state index contributed by atoms with van der Waals surface area (Å²) in [6.07, 6.45) is 3.72. The van der Waals surface area contributed by atoms with Gasteiger partial charge in [0.15, 0.2) is 0 Å². The van der Waals surface area contributed by atoms with Crippen LogP contribution in [0.5, 0.6) is 0 Å². The minimum atomic E-state index is -0.112. The summed E-state index contributed by atoms with van der Waals surface area (Å²) in [5, 5.41) is 3.61. The Kier molecular flexibility index (Phi) is 6.79. The van der Waals surface area contributed by atoms with E-state index in [9.17, 15) is 4.79 Å². The average molecular weight is 399 g/mol. The monoisotopic (exact) mass is 398 g/mol. The van der Waals surface area contributed by atoms with Gasteiger partial charge in [0, 0.05) is 6.54 Å². The molecule has 1 N–H and O–H groups in total. The molecule has 3 nitrogen and oxygen atoms in total. The molecule has 28 heavy (non-hydrogen) atoms. The number of hydrogen-bond acceptors (Lipinski definition) is 2. The zero-order valence-corrected chi connectivity index (χ0v) is 17.9. The van der Waals surface area contributed by atoms with Crippen molar-refractivity contribution in [3.63, 3.8) is 0 Å². The third kappa shape index (κ3) is 5.15. The number of halogens is 1. The van der Waals surface area contributed by atoms with Crippen LogP contribution in [0.15, 0.2) is 48.5 Å². The number of carbonyl (C=O) groups excluding carboxylic acids is 1. The molecule has 0 saturated carbocycles. The quantitative estimate of drug-likeness (QED) is 0.711. The Morgan fingerprint density at radius 1 is 1.04 bits per heavy atom. The number of carbonyl (C=O) groups is 1. The molecule has 1 saturated heterocycles. The highest BCUT2D eigenvalue weighted by Crippen LogP contribution is 2.28. The summed E-state index contributed by atoms with van der Waals surface area (Å²) in [4.78, 5) is 15.2. The van der Waals surface area contributed by atoms with E-state index >= 15 is 0 Å². The summed E-state index contributed by atoms with van der Waals surface area (Å²) < 4.78 is 0. The van der Waals surface area contributed by atoms with Crippen LogP contribution >= 0.6 is 11.6 Å². The van der Waals surface area contributed by atoms with Crippen LogP contribution in [-0.4, -0.2) is 30.4 Å². The van der Waals surface area contributed by atoms with Gasteiger partial charge in [0.1, 0.15) is 0 Å². The number of likely N-dealkylation sites (tertiary alicyclic amines) is 1. The third-order valence-electron chi connectivity index (χ3n) is 5.57. The van der Waals surface area contributed by atoms with Crippen LogP contribution in [0.2, 0.25) is 5.02 Å². The number of rotatable bonds is 5. The molecule has 1 aliphatic heterocycles. The first-order valence-corrected chi connectivity index (χ1v) is 10.6. The van der Waals surface area contributed by atoms with Gasteiger partial charge in [-0.2, -0.15) is 0 Å². The van der Waals surface area contributed by atoms with Crippen LogP contribution < -0.4 is 5.32 Å². The summed E-state index contributed by atoms with van der Waals surface area (Å²) in [7, 11) is 0. The summed E-state index contributed by atoms with van der Waals surface area (Å²) in [6.45, 7) is 9.43. The lowest BCUT2D eigenvalue weighted by Gasteiger charge is -2.35. The smallest absolute Gasteiger partial charge is 0.252 e. The van der Waals surface area contributed by atoms with E-state index in [2.05, 4.69) is 55.3 Å². The van der Waals surface area contributed by atoms with E-state index in [0.717, 1.165) is 13.1 Å². The first-order valence-electron chi connectivity index (χ1n) is 10.2. The molecule has 0 spiro atoms. The van der Waals surface area contributed by atoms with Crippen LogP contribution in [0.3, 0.4) is 0 Å². The SMILES string of the molecule is CC(C)(C)c1ccc([C@H](CNC(=O)c2ccccc2Cl)N2CCCCC2)cc1. The van der Waals surface area contributed by atoms with Crippen LogP contribution in [0.25, 0.3) is 0 Å². The minimum Gasteiger partial charge on any atom is -0.350 e. The van der Waals surface area contributed by atoms with Gasteiger partial charge in [-0.05, 0) is 54.6 Å². The Morgan fingerprint density at radius 2 is 1.68 bits per heavy atom. The fourth-order valence-electron chi connectivity index (χ4n) is 3.82. The zero-order valence-electron chi connectivity index (χ0n) is 17.2. The third-order valence-corrected chi connectivity index (χ3v) is 5.90. The lowest BCUT2D eigenvalue weighted by atomic mass is 9.86. The summed E-state index contributed by atoms with van der Waals surface area (Å²) in [5.74, 6) is -0.112.